The van der Waals surface area contributed by atoms with E-state index in [2.05, 4.69) is 4.72 Å². The van der Waals surface area contributed by atoms with Crippen LogP contribution < -0.4 is 9.46 Å². The van der Waals surface area contributed by atoms with Crippen molar-refractivity contribution in [1.29, 1.82) is 0 Å². The van der Waals surface area contributed by atoms with Crippen LogP contribution in [0.25, 0.3) is 0 Å². The van der Waals surface area contributed by atoms with Gasteiger partial charge in [-0.2, -0.15) is 0 Å². The van der Waals surface area contributed by atoms with Crippen LogP contribution in [0.1, 0.15) is 11.1 Å². The summed E-state index contributed by atoms with van der Waals surface area (Å²) in [6.45, 7) is -0.0266. The Kier molecular flexibility index (Phi) is 4.14. The van der Waals surface area contributed by atoms with Crippen LogP contribution in [0.15, 0.2) is 53.4 Å². The molecule has 2 aromatic rings. The number of nitrogens with one attached hydrogen (secondary N) is 1. The second-order valence-electron chi connectivity index (χ2n) is 5.85. The molecule has 122 valence electrons. The van der Waals surface area contributed by atoms with Crippen LogP contribution in [0.5, 0.6) is 5.75 Å². The Bertz CT molecular complexity index is 792. The maximum atomic E-state index is 12.4. The highest BCUT2D eigenvalue weighted by Crippen LogP contribution is 2.29. The molecule has 3 rings (SSSR count). The zero-order valence-electron chi connectivity index (χ0n) is 12.8. The molecule has 0 saturated carbocycles. The fourth-order valence-corrected chi connectivity index (χ4v) is 4.03. The van der Waals surface area contributed by atoms with Gasteiger partial charge in [0.05, 0.1) is 17.6 Å². The molecule has 2 N–H and O–H groups in total. The van der Waals surface area contributed by atoms with Crippen molar-refractivity contribution < 1.29 is 18.3 Å². The average molecular weight is 333 g/mol. The first kappa shape index (κ1) is 16.0. The van der Waals surface area contributed by atoms with E-state index in [0.717, 1.165) is 11.1 Å². The number of aliphatic hydroxyl groups is 1. The maximum Gasteiger partial charge on any atom is 0.240 e. The molecule has 0 bridgehead atoms. The van der Waals surface area contributed by atoms with E-state index in [4.69, 9.17) is 4.74 Å². The maximum absolute atomic E-state index is 12.4. The van der Waals surface area contributed by atoms with Gasteiger partial charge in [-0.05, 0) is 23.3 Å². The molecule has 0 aliphatic heterocycles. The van der Waals surface area contributed by atoms with Gasteiger partial charge in [-0.25, -0.2) is 13.1 Å². The van der Waals surface area contributed by atoms with Crippen molar-refractivity contribution >= 4 is 10.0 Å². The van der Waals surface area contributed by atoms with E-state index in [9.17, 15) is 13.5 Å². The molecule has 5 nitrogen and oxygen atoms in total. The zero-order valence-corrected chi connectivity index (χ0v) is 13.6. The molecule has 0 saturated heterocycles. The van der Waals surface area contributed by atoms with Crippen LogP contribution in [0.2, 0.25) is 0 Å². The minimum absolute atomic E-state index is 0.0266. The topological polar surface area (TPSA) is 75.6 Å². The normalized spacial score (nSPS) is 16.1. The number of rotatable bonds is 5. The van der Waals surface area contributed by atoms with Crippen molar-refractivity contribution in [3.8, 4) is 5.75 Å². The second-order valence-corrected chi connectivity index (χ2v) is 7.62. The summed E-state index contributed by atoms with van der Waals surface area (Å²) in [5.74, 6) is 0.472. The SMILES string of the molecule is COc1cccc(S(=O)(=O)NCC2(O)Cc3ccccc3C2)c1. The number of ether oxygens (including phenoxy) is 1. The fourth-order valence-electron chi connectivity index (χ4n) is 2.88. The molecule has 23 heavy (non-hydrogen) atoms. The summed E-state index contributed by atoms with van der Waals surface area (Å²) >= 11 is 0. The predicted molar refractivity (Wildman–Crippen MR) is 87.0 cm³/mol. The van der Waals surface area contributed by atoms with E-state index in [-0.39, 0.29) is 11.4 Å². The Morgan fingerprint density at radius 1 is 1.13 bits per heavy atom. The van der Waals surface area contributed by atoms with E-state index in [1.165, 1.54) is 19.2 Å². The van der Waals surface area contributed by atoms with Gasteiger partial charge in [0.25, 0.3) is 0 Å². The summed E-state index contributed by atoms with van der Waals surface area (Å²) in [5.41, 5.74) is 1.04. The van der Waals surface area contributed by atoms with Crippen molar-refractivity contribution in [3.63, 3.8) is 0 Å². The largest absolute Gasteiger partial charge is 0.497 e. The Morgan fingerprint density at radius 2 is 1.78 bits per heavy atom. The first-order valence-corrected chi connectivity index (χ1v) is 8.83. The number of methoxy groups -OCH3 is 1. The van der Waals surface area contributed by atoms with Crippen LogP contribution in [-0.2, 0) is 22.9 Å². The minimum atomic E-state index is -3.70. The third kappa shape index (κ3) is 3.39. The van der Waals surface area contributed by atoms with E-state index in [1.54, 1.807) is 12.1 Å². The molecule has 6 heteroatoms. The standard InChI is InChI=1S/C17H19NO4S/c1-22-15-7-4-8-16(9-15)23(20,21)18-12-17(19)10-13-5-2-3-6-14(13)11-17/h2-9,18-19H,10-12H2,1H3. The van der Waals surface area contributed by atoms with Gasteiger partial charge in [-0.15, -0.1) is 0 Å². The van der Waals surface area contributed by atoms with Crippen LogP contribution in [0.4, 0.5) is 0 Å². The number of fused-ring (bicyclic) bond motifs is 1. The Balaban J connectivity index is 1.73. The Labute approximate surface area is 136 Å². The number of benzene rings is 2. The summed E-state index contributed by atoms with van der Waals surface area (Å²) in [6.07, 6.45) is 0.896. The smallest absolute Gasteiger partial charge is 0.240 e. The van der Waals surface area contributed by atoms with E-state index >= 15 is 0 Å². The van der Waals surface area contributed by atoms with Gasteiger partial charge in [0.1, 0.15) is 5.75 Å². The third-order valence-electron chi connectivity index (χ3n) is 4.10. The molecule has 0 heterocycles. The Morgan fingerprint density at radius 3 is 2.39 bits per heavy atom. The zero-order chi connectivity index (χ0) is 16.5. The average Bonchev–Trinajstić information content (AvgIpc) is 2.90. The molecular weight excluding hydrogens is 314 g/mol. The molecule has 0 atom stereocenters. The molecular formula is C17H19NO4S. The third-order valence-corrected chi connectivity index (χ3v) is 5.50. The van der Waals surface area contributed by atoms with Crippen molar-refractivity contribution in [2.24, 2.45) is 0 Å². The number of hydrogen-bond acceptors (Lipinski definition) is 4. The number of hydrogen-bond donors (Lipinski definition) is 2. The van der Waals surface area contributed by atoms with E-state index in [1.807, 2.05) is 24.3 Å². The lowest BCUT2D eigenvalue weighted by Gasteiger charge is -2.22. The number of sulfonamides is 1. The molecule has 1 aliphatic carbocycles. The van der Waals surface area contributed by atoms with Crippen LogP contribution in [0.3, 0.4) is 0 Å². The highest BCUT2D eigenvalue weighted by Gasteiger charge is 2.36. The lowest BCUT2D eigenvalue weighted by atomic mass is 10.0. The van der Waals surface area contributed by atoms with Crippen LogP contribution >= 0.6 is 0 Å². The molecule has 0 fully saturated rings. The lowest BCUT2D eigenvalue weighted by Crippen LogP contribution is -2.43. The molecule has 0 spiro atoms. The van der Waals surface area contributed by atoms with Crippen molar-refractivity contribution in [2.75, 3.05) is 13.7 Å². The van der Waals surface area contributed by atoms with Gasteiger partial charge < -0.3 is 9.84 Å². The first-order chi connectivity index (χ1) is 10.9. The highest BCUT2D eigenvalue weighted by molar-refractivity contribution is 7.89. The van der Waals surface area contributed by atoms with E-state index < -0.39 is 15.6 Å². The van der Waals surface area contributed by atoms with Crippen LogP contribution in [-0.4, -0.2) is 32.8 Å². The molecule has 0 aromatic heterocycles. The molecule has 0 unspecified atom stereocenters. The van der Waals surface area contributed by atoms with Gasteiger partial charge >= 0.3 is 0 Å². The monoisotopic (exact) mass is 333 g/mol. The van der Waals surface area contributed by atoms with Gasteiger partial charge in [0.2, 0.25) is 10.0 Å². The molecule has 0 amide bonds. The van der Waals surface area contributed by atoms with Crippen LogP contribution in [0, 0.1) is 0 Å². The lowest BCUT2D eigenvalue weighted by molar-refractivity contribution is 0.0567. The van der Waals surface area contributed by atoms with Gasteiger partial charge in [0.15, 0.2) is 0 Å². The second kappa shape index (κ2) is 5.96. The summed E-state index contributed by atoms with van der Waals surface area (Å²) in [5, 5.41) is 10.7. The van der Waals surface area contributed by atoms with E-state index in [0.29, 0.717) is 18.6 Å². The van der Waals surface area contributed by atoms with Crippen molar-refractivity contribution in [2.45, 2.75) is 23.3 Å². The summed E-state index contributed by atoms with van der Waals surface area (Å²) < 4.78 is 32.3. The van der Waals surface area contributed by atoms with Gasteiger partial charge in [-0.3, -0.25) is 0 Å². The van der Waals surface area contributed by atoms with Gasteiger partial charge in [0, 0.05) is 25.5 Å². The molecule has 0 radical (unpaired) electrons. The predicted octanol–water partition coefficient (Wildman–Crippen LogP) is 1.50. The molecule has 2 aromatic carbocycles. The Hall–Kier alpha value is -1.89. The first-order valence-electron chi connectivity index (χ1n) is 7.35. The summed E-state index contributed by atoms with van der Waals surface area (Å²) in [7, 11) is -2.21. The van der Waals surface area contributed by atoms with Crippen molar-refractivity contribution in [3.05, 3.63) is 59.7 Å². The summed E-state index contributed by atoms with van der Waals surface area (Å²) in [4.78, 5) is 0.121. The van der Waals surface area contributed by atoms with Crippen molar-refractivity contribution in [1.82, 2.24) is 4.72 Å². The fraction of sp³-hybridized carbons (Fsp3) is 0.294. The quantitative estimate of drug-likeness (QED) is 0.869. The highest BCUT2D eigenvalue weighted by atomic mass is 32.2. The summed E-state index contributed by atoms with van der Waals surface area (Å²) in [6, 6.07) is 14.0. The molecule has 1 aliphatic rings. The minimum Gasteiger partial charge on any atom is -0.497 e. The van der Waals surface area contributed by atoms with Gasteiger partial charge in [-0.1, -0.05) is 30.3 Å².